The standard InChI is InChI=1S/C18H15P.C16H23NO3.C15H20ClNO3/c1-4-10-16(11-5-1)19(17-12-6-2-7-13-17)18-14-8-3-9-15-18;1-5-12-6-8-13(9-7-12)10-14(18)17-11-15(19)20-16(2,3)4;1-15(2,3)20-14(19)10-17-13(18)8-11-4-6-12(9-16)7-5-11/h1-15H;6-9H,5,10-11H2,1-4H3,(H,17,18);4-7H,8-10H2,1-3H3,(H,17,18). The van der Waals surface area contributed by atoms with Gasteiger partial charge in [0.15, 0.2) is 0 Å². The number of aryl methyl sites for hydroxylation is 1. The quantitative estimate of drug-likeness (QED) is 0.0705. The number of halogens is 1. The fraction of sp³-hybridized carbons (Fsp3) is 0.306. The third-order valence-electron chi connectivity index (χ3n) is 8.08. The average molecular weight is 837 g/mol. The van der Waals surface area contributed by atoms with Gasteiger partial charge in [-0.15, -0.1) is 11.6 Å². The van der Waals surface area contributed by atoms with Crippen LogP contribution in [0.2, 0.25) is 0 Å². The van der Waals surface area contributed by atoms with Gasteiger partial charge < -0.3 is 20.1 Å². The van der Waals surface area contributed by atoms with Gasteiger partial charge >= 0.3 is 11.9 Å². The zero-order chi connectivity index (χ0) is 43.3. The van der Waals surface area contributed by atoms with Crippen molar-refractivity contribution in [2.75, 3.05) is 13.1 Å². The van der Waals surface area contributed by atoms with Gasteiger partial charge in [-0.1, -0.05) is 146 Å². The van der Waals surface area contributed by atoms with Gasteiger partial charge in [-0.3, -0.25) is 19.2 Å². The molecule has 0 atom stereocenters. The number of carbonyl (C=O) groups excluding carboxylic acids is 4. The van der Waals surface area contributed by atoms with Crippen LogP contribution in [0.4, 0.5) is 0 Å². The van der Waals surface area contributed by atoms with Gasteiger partial charge in [0.2, 0.25) is 11.8 Å². The highest BCUT2D eigenvalue weighted by Crippen LogP contribution is 2.32. The topological polar surface area (TPSA) is 111 Å². The lowest BCUT2D eigenvalue weighted by molar-refractivity contribution is -0.155. The molecule has 5 aromatic carbocycles. The maximum Gasteiger partial charge on any atom is 0.325 e. The molecule has 0 heterocycles. The summed E-state index contributed by atoms with van der Waals surface area (Å²) in [7, 11) is -0.446. The Morgan fingerprint density at radius 3 is 1.08 bits per heavy atom. The second-order valence-electron chi connectivity index (χ2n) is 15.5. The lowest BCUT2D eigenvalue weighted by Crippen LogP contribution is -2.35. The fourth-order valence-corrected chi connectivity index (χ4v) is 7.89. The van der Waals surface area contributed by atoms with Crippen LogP contribution in [0.5, 0.6) is 0 Å². The van der Waals surface area contributed by atoms with Crippen LogP contribution in [0.3, 0.4) is 0 Å². The SMILES string of the molecule is CC(C)(C)OC(=O)CNC(=O)Cc1ccc(CCl)cc1.CCc1ccc(CC(=O)NCC(=O)OC(C)(C)C)cc1.c1ccc(P(c2ccccc2)c2ccccc2)cc1. The van der Waals surface area contributed by atoms with Crippen molar-refractivity contribution in [1.82, 2.24) is 10.6 Å². The molecule has 0 aliphatic heterocycles. The van der Waals surface area contributed by atoms with Gasteiger partial charge in [-0.2, -0.15) is 0 Å². The van der Waals surface area contributed by atoms with E-state index in [1.807, 2.05) is 48.5 Å². The smallest absolute Gasteiger partial charge is 0.325 e. The van der Waals surface area contributed by atoms with Gasteiger partial charge in [-0.25, -0.2) is 0 Å². The minimum Gasteiger partial charge on any atom is -0.459 e. The van der Waals surface area contributed by atoms with Crippen molar-refractivity contribution in [3.8, 4) is 0 Å². The first-order chi connectivity index (χ1) is 28.0. The maximum absolute atomic E-state index is 11.7. The Balaban J connectivity index is 0.000000236. The Morgan fingerprint density at radius 2 is 0.797 bits per heavy atom. The van der Waals surface area contributed by atoms with Crippen molar-refractivity contribution >= 4 is 59.2 Å². The summed E-state index contributed by atoms with van der Waals surface area (Å²) >= 11 is 5.69. The first-order valence-electron chi connectivity index (χ1n) is 19.7. The summed E-state index contributed by atoms with van der Waals surface area (Å²) in [6.07, 6.45) is 1.48. The normalized spacial score (nSPS) is 10.9. The number of hydrogen-bond donors (Lipinski definition) is 2. The molecule has 59 heavy (non-hydrogen) atoms. The van der Waals surface area contributed by atoms with E-state index in [2.05, 4.69) is 109 Å². The first-order valence-corrected chi connectivity index (χ1v) is 21.6. The molecule has 0 unspecified atom stereocenters. The van der Waals surface area contributed by atoms with Crippen molar-refractivity contribution in [3.05, 3.63) is 162 Å². The molecule has 2 amide bonds. The van der Waals surface area contributed by atoms with Crippen LogP contribution >= 0.6 is 19.5 Å². The van der Waals surface area contributed by atoms with E-state index >= 15 is 0 Å². The van der Waals surface area contributed by atoms with Crippen LogP contribution < -0.4 is 26.5 Å². The number of esters is 2. The van der Waals surface area contributed by atoms with Crippen molar-refractivity contribution in [2.45, 2.75) is 84.8 Å². The Kier molecular flexibility index (Phi) is 20.0. The number of benzene rings is 5. The number of rotatable bonds is 13. The zero-order valence-electron chi connectivity index (χ0n) is 35.3. The van der Waals surface area contributed by atoms with E-state index in [4.69, 9.17) is 21.1 Å². The molecule has 5 aromatic rings. The highest BCUT2D eigenvalue weighted by atomic mass is 35.5. The summed E-state index contributed by atoms with van der Waals surface area (Å²) < 4.78 is 10.2. The third kappa shape index (κ3) is 19.8. The van der Waals surface area contributed by atoms with E-state index in [0.717, 1.165) is 23.1 Å². The minimum atomic E-state index is -0.542. The average Bonchev–Trinajstić information content (AvgIpc) is 3.20. The van der Waals surface area contributed by atoms with Gasteiger partial charge in [0.25, 0.3) is 0 Å². The summed E-state index contributed by atoms with van der Waals surface area (Å²) in [5.74, 6) is -0.810. The summed E-state index contributed by atoms with van der Waals surface area (Å²) in [6.45, 7) is 12.6. The number of ether oxygens (including phenoxy) is 2. The second kappa shape index (κ2) is 24.6. The highest BCUT2D eigenvalue weighted by Gasteiger charge is 2.18. The minimum absolute atomic E-state index is 0.0941. The van der Waals surface area contributed by atoms with Crippen molar-refractivity contribution < 1.29 is 28.7 Å². The van der Waals surface area contributed by atoms with Crippen molar-refractivity contribution in [3.63, 3.8) is 0 Å². The molecule has 8 nitrogen and oxygen atoms in total. The van der Waals surface area contributed by atoms with Gasteiger partial charge in [0.1, 0.15) is 24.3 Å². The van der Waals surface area contributed by atoms with Gasteiger partial charge in [-0.05, 0) is 94.1 Å². The van der Waals surface area contributed by atoms with Crippen LogP contribution in [0.1, 0.15) is 70.7 Å². The molecule has 2 N–H and O–H groups in total. The summed E-state index contributed by atoms with van der Waals surface area (Å²) in [4.78, 5) is 46.3. The van der Waals surface area contributed by atoms with E-state index in [1.165, 1.54) is 21.5 Å². The van der Waals surface area contributed by atoms with E-state index in [1.54, 1.807) is 41.5 Å². The third-order valence-corrected chi connectivity index (χ3v) is 10.8. The van der Waals surface area contributed by atoms with Crippen LogP contribution in [0, 0.1) is 0 Å². The molecule has 0 saturated carbocycles. The maximum atomic E-state index is 11.7. The van der Waals surface area contributed by atoms with Crippen LogP contribution in [0.25, 0.3) is 0 Å². The van der Waals surface area contributed by atoms with Crippen molar-refractivity contribution in [1.29, 1.82) is 0 Å². The van der Waals surface area contributed by atoms with E-state index in [0.29, 0.717) is 5.88 Å². The predicted octanol–water partition coefficient (Wildman–Crippen LogP) is 8.12. The molecule has 0 aliphatic rings. The molecule has 5 rings (SSSR count). The summed E-state index contributed by atoms with van der Waals surface area (Å²) in [5, 5.41) is 9.31. The Morgan fingerprint density at radius 1 is 0.492 bits per heavy atom. The molecule has 10 heteroatoms. The van der Waals surface area contributed by atoms with E-state index in [9.17, 15) is 19.2 Å². The van der Waals surface area contributed by atoms with Crippen molar-refractivity contribution in [2.24, 2.45) is 0 Å². The second-order valence-corrected chi connectivity index (χ2v) is 18.0. The molecule has 0 saturated heterocycles. The number of alkyl halides is 1. The highest BCUT2D eigenvalue weighted by molar-refractivity contribution is 7.79. The Labute approximate surface area is 356 Å². The molecule has 0 bridgehead atoms. The van der Waals surface area contributed by atoms with Gasteiger partial charge in [0, 0.05) is 5.88 Å². The molecule has 312 valence electrons. The lowest BCUT2D eigenvalue weighted by Gasteiger charge is -2.19. The molecule has 0 aliphatic carbocycles. The molecular weight excluding hydrogens is 779 g/mol. The Hall–Kier alpha value is -5.30. The number of amides is 2. The molecule has 0 radical (unpaired) electrons. The largest absolute Gasteiger partial charge is 0.459 e. The molecule has 0 fully saturated rings. The Bertz CT molecular complexity index is 1830. The summed E-state index contributed by atoms with van der Waals surface area (Å²) in [6, 6.07) is 47.7. The van der Waals surface area contributed by atoms with E-state index < -0.39 is 31.1 Å². The van der Waals surface area contributed by atoms with Crippen LogP contribution in [0.15, 0.2) is 140 Å². The number of carbonyl (C=O) groups is 4. The van der Waals surface area contributed by atoms with Crippen LogP contribution in [-0.4, -0.2) is 48.0 Å². The van der Waals surface area contributed by atoms with Gasteiger partial charge in [0.05, 0.1) is 12.8 Å². The predicted molar refractivity (Wildman–Crippen MR) is 242 cm³/mol. The molecular formula is C49H58ClN2O6P. The number of hydrogen-bond acceptors (Lipinski definition) is 6. The van der Waals surface area contributed by atoms with E-state index in [-0.39, 0.29) is 37.7 Å². The molecule has 0 aromatic heterocycles. The van der Waals surface area contributed by atoms with Crippen LogP contribution in [-0.2, 0) is 53.8 Å². The zero-order valence-corrected chi connectivity index (χ0v) is 36.9. The molecule has 0 spiro atoms. The number of nitrogens with one attached hydrogen (secondary N) is 2. The fourth-order valence-electron chi connectivity index (χ4n) is 5.41. The monoisotopic (exact) mass is 836 g/mol. The first kappa shape index (κ1) is 48.1. The lowest BCUT2D eigenvalue weighted by atomic mass is 10.1. The summed E-state index contributed by atoms with van der Waals surface area (Å²) in [5.41, 5.74) is 2.98.